The third-order valence-corrected chi connectivity index (χ3v) is 5.85. The number of aliphatic carboxylic acids is 1. The molecule has 1 aromatic rings. The van der Waals surface area contributed by atoms with E-state index in [9.17, 15) is 14.7 Å². The molecule has 160 valence electrons. The summed E-state index contributed by atoms with van der Waals surface area (Å²) in [6, 6.07) is 7.23. The number of hydrogen-bond acceptors (Lipinski definition) is 4. The number of carboxylic acid groups (broad SMARTS) is 1. The molecular weight excluding hydrogens is 366 g/mol. The van der Waals surface area contributed by atoms with Crippen LogP contribution in [-0.2, 0) is 26.2 Å². The fourth-order valence-corrected chi connectivity index (χ4v) is 3.76. The summed E-state index contributed by atoms with van der Waals surface area (Å²) in [4.78, 5) is 23.8. The molecule has 0 aliphatic rings. The molecule has 29 heavy (non-hydrogen) atoms. The normalized spacial score (nSPS) is 15.2. The van der Waals surface area contributed by atoms with Crippen molar-refractivity contribution in [3.05, 3.63) is 47.5 Å². The molecule has 0 saturated carbocycles. The van der Waals surface area contributed by atoms with Gasteiger partial charge in [-0.1, -0.05) is 44.5 Å². The molecule has 0 fully saturated rings. The number of carboxylic acids is 1. The number of benzene rings is 1. The molecule has 5 nitrogen and oxygen atoms in total. The zero-order valence-electron chi connectivity index (χ0n) is 18.5. The minimum Gasteiger partial charge on any atom is -0.481 e. The first kappa shape index (κ1) is 24.8. The highest BCUT2D eigenvalue weighted by atomic mass is 16.5. The third kappa shape index (κ3) is 6.66. The Hall–Kier alpha value is -2.23. The Bertz CT molecular complexity index is 697. The van der Waals surface area contributed by atoms with Gasteiger partial charge in [0.15, 0.2) is 5.57 Å². The van der Waals surface area contributed by atoms with E-state index in [1.165, 1.54) is 0 Å². The quantitative estimate of drug-likeness (QED) is 0.380. The molecule has 2 N–H and O–H groups in total. The first-order valence-electron chi connectivity index (χ1n) is 10.4. The van der Waals surface area contributed by atoms with Crippen LogP contribution in [0.15, 0.2) is 29.8 Å². The summed E-state index contributed by atoms with van der Waals surface area (Å²) < 4.78 is 4.96. The van der Waals surface area contributed by atoms with Gasteiger partial charge in [-0.15, -0.1) is 0 Å². The van der Waals surface area contributed by atoms with Gasteiger partial charge >= 0.3 is 11.9 Å². The lowest BCUT2D eigenvalue weighted by Crippen LogP contribution is -2.35. The van der Waals surface area contributed by atoms with Crippen molar-refractivity contribution < 1.29 is 19.4 Å². The van der Waals surface area contributed by atoms with Gasteiger partial charge in [0.05, 0.1) is 23.9 Å². The average Bonchev–Trinajstić information content (AvgIpc) is 2.67. The van der Waals surface area contributed by atoms with Crippen molar-refractivity contribution in [1.29, 1.82) is 0 Å². The van der Waals surface area contributed by atoms with Gasteiger partial charge in [0, 0.05) is 13.0 Å². The lowest BCUT2D eigenvalue weighted by Gasteiger charge is -2.30. The number of ether oxygens (including phenoxy) is 1. The minimum atomic E-state index is -0.996. The van der Waals surface area contributed by atoms with Gasteiger partial charge in [-0.2, -0.15) is 0 Å². The van der Waals surface area contributed by atoms with Gasteiger partial charge in [-0.25, -0.2) is 0 Å². The highest BCUT2D eigenvalue weighted by Gasteiger charge is 2.37. The highest BCUT2D eigenvalue weighted by molar-refractivity contribution is 5.81. The molecule has 0 bridgehead atoms. The van der Waals surface area contributed by atoms with Crippen LogP contribution in [0.4, 0.5) is 0 Å². The Morgan fingerprint density at radius 1 is 1.14 bits per heavy atom. The average molecular weight is 403 g/mol. The molecule has 1 rings (SSSR count). The van der Waals surface area contributed by atoms with Crippen molar-refractivity contribution in [2.75, 3.05) is 20.2 Å². The Balaban J connectivity index is 2.90. The number of nitrogens with one attached hydrogen (secondary N) is 1. The van der Waals surface area contributed by atoms with E-state index in [4.69, 9.17) is 11.3 Å². The van der Waals surface area contributed by atoms with Crippen molar-refractivity contribution in [1.82, 2.24) is 5.32 Å². The van der Waals surface area contributed by atoms with Crippen LogP contribution in [0.1, 0.15) is 64.5 Å². The highest BCUT2D eigenvalue weighted by Crippen LogP contribution is 2.37. The first-order valence-corrected chi connectivity index (χ1v) is 10.4. The molecule has 2 unspecified atom stereocenters. The molecular formula is C24H36NO4+. The molecule has 2 atom stereocenters. The summed E-state index contributed by atoms with van der Waals surface area (Å²) >= 11 is 0. The van der Waals surface area contributed by atoms with E-state index >= 15 is 0 Å². The predicted octanol–water partition coefficient (Wildman–Crippen LogP) is 4.30. The van der Waals surface area contributed by atoms with Gasteiger partial charge in [0.1, 0.15) is 0 Å². The second kappa shape index (κ2) is 11.1. The monoisotopic (exact) mass is 402 g/mol. The van der Waals surface area contributed by atoms with Gasteiger partial charge in [0.2, 0.25) is 6.58 Å². The number of hydrogen-bond donors (Lipinski definition) is 2. The molecule has 0 aliphatic heterocycles. The topological polar surface area (TPSA) is 75.6 Å². The number of rotatable bonds is 13. The molecule has 0 saturated heterocycles. The van der Waals surface area contributed by atoms with Crippen LogP contribution >= 0.6 is 0 Å². The molecule has 0 radical (unpaired) electrons. The van der Waals surface area contributed by atoms with Gasteiger partial charge in [0.25, 0.3) is 0 Å². The van der Waals surface area contributed by atoms with E-state index in [0.29, 0.717) is 13.0 Å². The summed E-state index contributed by atoms with van der Waals surface area (Å²) in [7, 11) is 1.90. The van der Waals surface area contributed by atoms with Crippen LogP contribution in [0.25, 0.3) is 0 Å². The molecule has 0 amide bonds. The maximum atomic E-state index is 12.1. The summed E-state index contributed by atoms with van der Waals surface area (Å²) in [6.07, 6.45) is 3.06. The Morgan fingerprint density at radius 3 is 2.24 bits per heavy atom. The van der Waals surface area contributed by atoms with Crippen LogP contribution in [0, 0.1) is 12.0 Å². The maximum Gasteiger partial charge on any atom is 0.313 e. The maximum absolute atomic E-state index is 12.1. The lowest BCUT2D eigenvalue weighted by molar-refractivity contribution is -0.144. The SMILES string of the molecule is [CH+]=C(CC)C(C)(CCCC(C)(C(=O)O)c1ccc(CC(=O)OCC)cc1)CNC. The van der Waals surface area contributed by atoms with Crippen LogP contribution < -0.4 is 5.32 Å². The minimum absolute atomic E-state index is 0.160. The van der Waals surface area contributed by atoms with Crippen LogP contribution in [-0.4, -0.2) is 37.2 Å². The summed E-state index contributed by atoms with van der Waals surface area (Å²) in [5.41, 5.74) is 1.33. The van der Waals surface area contributed by atoms with Crippen molar-refractivity contribution in [2.24, 2.45) is 5.41 Å². The first-order chi connectivity index (χ1) is 13.6. The Kier molecular flexibility index (Phi) is 9.48. The number of carbonyl (C=O) groups excluding carboxylic acids is 1. The third-order valence-electron chi connectivity index (χ3n) is 5.85. The summed E-state index contributed by atoms with van der Waals surface area (Å²) in [5, 5.41) is 13.1. The van der Waals surface area contributed by atoms with Crippen molar-refractivity contribution >= 4 is 11.9 Å². The summed E-state index contributed by atoms with van der Waals surface area (Å²) in [6.45, 7) is 15.1. The van der Waals surface area contributed by atoms with Gasteiger partial charge < -0.3 is 15.2 Å². The van der Waals surface area contributed by atoms with Crippen molar-refractivity contribution in [2.45, 2.75) is 65.2 Å². The van der Waals surface area contributed by atoms with E-state index in [2.05, 4.69) is 12.2 Å². The molecule has 1 aromatic carbocycles. The standard InChI is InChI=1S/C24H35NO4/c1-7-18(3)23(4,17-25-6)14-9-15-24(5,22(27)28)20-12-10-19(11-13-20)16-21(26)29-8-2/h3,10-13,25H,7-9,14-17H2,1-2,4-6H3/p+1. The van der Waals surface area contributed by atoms with Gasteiger partial charge in [-0.05, 0) is 44.9 Å². The van der Waals surface area contributed by atoms with E-state index in [0.717, 1.165) is 42.5 Å². The number of esters is 1. The molecule has 5 heteroatoms. The van der Waals surface area contributed by atoms with E-state index < -0.39 is 11.4 Å². The predicted molar refractivity (Wildman–Crippen MR) is 116 cm³/mol. The second-order valence-corrected chi connectivity index (χ2v) is 8.14. The summed E-state index contributed by atoms with van der Waals surface area (Å²) in [5.74, 6) is -1.13. The van der Waals surface area contributed by atoms with Gasteiger partial charge in [-0.3, -0.25) is 9.59 Å². The lowest BCUT2D eigenvalue weighted by atomic mass is 9.73. The second-order valence-electron chi connectivity index (χ2n) is 8.14. The van der Waals surface area contributed by atoms with Crippen LogP contribution in [0.3, 0.4) is 0 Å². The van der Waals surface area contributed by atoms with Crippen LogP contribution in [0.2, 0.25) is 0 Å². The van der Waals surface area contributed by atoms with Crippen LogP contribution in [0.5, 0.6) is 0 Å². The largest absolute Gasteiger partial charge is 0.481 e. The zero-order chi connectivity index (χ0) is 22.1. The van der Waals surface area contributed by atoms with Crippen molar-refractivity contribution in [3.8, 4) is 0 Å². The van der Waals surface area contributed by atoms with E-state index in [1.54, 1.807) is 26.0 Å². The van der Waals surface area contributed by atoms with Crippen molar-refractivity contribution in [3.63, 3.8) is 0 Å². The molecule has 0 aromatic heterocycles. The van der Waals surface area contributed by atoms with E-state index in [-0.39, 0.29) is 17.8 Å². The number of carbonyl (C=O) groups is 2. The fourth-order valence-electron chi connectivity index (χ4n) is 3.76. The fraction of sp³-hybridized carbons (Fsp3) is 0.583. The molecule has 0 heterocycles. The van der Waals surface area contributed by atoms with E-state index in [1.807, 2.05) is 26.1 Å². The Morgan fingerprint density at radius 2 is 1.76 bits per heavy atom. The molecule has 0 aliphatic carbocycles. The zero-order valence-corrected chi connectivity index (χ0v) is 18.5. The Labute approximate surface area is 175 Å². The smallest absolute Gasteiger partial charge is 0.313 e. The molecule has 0 spiro atoms.